The second kappa shape index (κ2) is 8.93. The summed E-state index contributed by atoms with van der Waals surface area (Å²) in [6.45, 7) is 2.44. The van der Waals surface area contributed by atoms with Crippen LogP contribution in [-0.4, -0.2) is 18.6 Å². The summed E-state index contributed by atoms with van der Waals surface area (Å²) in [5.74, 6) is -0.363. The first-order chi connectivity index (χ1) is 11.6. The number of ether oxygens (including phenoxy) is 1. The highest BCUT2D eigenvalue weighted by molar-refractivity contribution is 6.30. The Bertz CT molecular complexity index is 702. The molecule has 0 atom stereocenters. The number of urea groups is 1. The van der Waals surface area contributed by atoms with Crippen LogP contribution in [0, 0.1) is 0 Å². The van der Waals surface area contributed by atoms with Crippen LogP contribution >= 0.6 is 11.6 Å². The summed E-state index contributed by atoms with van der Waals surface area (Å²) in [5, 5.41) is 5.90. The topological polar surface area (TPSA) is 67.4 Å². The van der Waals surface area contributed by atoms with Gasteiger partial charge in [0.2, 0.25) is 0 Å². The highest BCUT2D eigenvalue weighted by atomic mass is 35.5. The number of esters is 1. The van der Waals surface area contributed by atoms with Gasteiger partial charge in [0.05, 0.1) is 12.2 Å². The molecule has 0 aliphatic heterocycles. The van der Waals surface area contributed by atoms with Crippen LogP contribution in [0.1, 0.15) is 30.1 Å². The molecule has 6 heteroatoms. The zero-order valence-corrected chi connectivity index (χ0v) is 14.1. The molecule has 0 spiro atoms. The fraction of sp³-hybridized carbons (Fsp3) is 0.222. The summed E-state index contributed by atoms with van der Waals surface area (Å²) in [6, 6.07) is 13.0. The number of unbranched alkanes of at least 4 members (excludes halogenated alkanes) is 1. The molecule has 24 heavy (non-hydrogen) atoms. The summed E-state index contributed by atoms with van der Waals surface area (Å²) in [6.07, 6.45) is 1.81. The van der Waals surface area contributed by atoms with E-state index in [1.807, 2.05) is 6.92 Å². The molecule has 0 aliphatic rings. The highest BCUT2D eigenvalue weighted by Crippen LogP contribution is 2.16. The number of benzene rings is 2. The maximum atomic E-state index is 11.9. The van der Waals surface area contributed by atoms with Crippen molar-refractivity contribution in [1.82, 2.24) is 0 Å². The molecule has 5 nitrogen and oxygen atoms in total. The number of hydrogen-bond acceptors (Lipinski definition) is 3. The third-order valence-corrected chi connectivity index (χ3v) is 3.43. The Morgan fingerprint density at radius 2 is 1.75 bits per heavy atom. The summed E-state index contributed by atoms with van der Waals surface area (Å²) >= 11 is 5.87. The lowest BCUT2D eigenvalue weighted by Gasteiger charge is -2.09. The molecule has 2 aromatic rings. The summed E-state index contributed by atoms with van der Waals surface area (Å²) in [7, 11) is 0. The first kappa shape index (κ1) is 17.8. The molecule has 2 aromatic carbocycles. The number of amides is 2. The molecule has 0 aliphatic carbocycles. The standard InChI is InChI=1S/C18H19ClN2O3/c1-2-3-11-24-17(22)13-7-9-15(10-8-13)20-18(23)21-16-6-4-5-14(19)12-16/h4-10,12H,2-3,11H2,1H3,(H2,20,21,23). The minimum Gasteiger partial charge on any atom is -0.462 e. The number of rotatable bonds is 6. The molecule has 2 N–H and O–H groups in total. The first-order valence-corrected chi connectivity index (χ1v) is 8.07. The van der Waals surface area contributed by atoms with Crippen LogP contribution in [0.2, 0.25) is 5.02 Å². The molecule has 0 fully saturated rings. The third kappa shape index (κ3) is 5.59. The molecule has 0 heterocycles. The predicted molar refractivity (Wildman–Crippen MR) is 95.7 cm³/mol. The van der Waals surface area contributed by atoms with Gasteiger partial charge in [0, 0.05) is 16.4 Å². The number of hydrogen-bond donors (Lipinski definition) is 2. The molecule has 0 unspecified atom stereocenters. The van der Waals surface area contributed by atoms with E-state index >= 15 is 0 Å². The van der Waals surface area contributed by atoms with E-state index in [4.69, 9.17) is 16.3 Å². The zero-order valence-electron chi connectivity index (χ0n) is 13.3. The maximum Gasteiger partial charge on any atom is 0.338 e. The van der Waals surface area contributed by atoms with E-state index in [0.29, 0.717) is 28.6 Å². The molecule has 0 aromatic heterocycles. The average molecular weight is 347 g/mol. The van der Waals surface area contributed by atoms with Crippen LogP contribution in [0.25, 0.3) is 0 Å². The van der Waals surface area contributed by atoms with Crippen LogP contribution in [0.3, 0.4) is 0 Å². The lowest BCUT2D eigenvalue weighted by Crippen LogP contribution is -2.19. The van der Waals surface area contributed by atoms with Gasteiger partial charge < -0.3 is 15.4 Å². The normalized spacial score (nSPS) is 10.1. The second-order valence-electron chi connectivity index (χ2n) is 5.16. The Morgan fingerprint density at radius 3 is 2.42 bits per heavy atom. The number of nitrogens with one attached hydrogen (secondary N) is 2. The molecule has 126 valence electrons. The lowest BCUT2D eigenvalue weighted by atomic mass is 10.2. The van der Waals surface area contributed by atoms with Gasteiger partial charge in [-0.15, -0.1) is 0 Å². The average Bonchev–Trinajstić information content (AvgIpc) is 2.55. The van der Waals surface area contributed by atoms with Gasteiger partial charge in [0.25, 0.3) is 0 Å². The minimum absolute atomic E-state index is 0.363. The molecule has 2 rings (SSSR count). The predicted octanol–water partition coefficient (Wildman–Crippen LogP) is 4.94. The summed E-state index contributed by atoms with van der Waals surface area (Å²) in [4.78, 5) is 23.7. The summed E-state index contributed by atoms with van der Waals surface area (Å²) < 4.78 is 5.13. The van der Waals surface area contributed by atoms with Crippen LogP contribution in [-0.2, 0) is 4.74 Å². The van der Waals surface area contributed by atoms with Gasteiger partial charge in [-0.3, -0.25) is 0 Å². The largest absolute Gasteiger partial charge is 0.462 e. The van der Waals surface area contributed by atoms with Crippen molar-refractivity contribution in [1.29, 1.82) is 0 Å². The highest BCUT2D eigenvalue weighted by Gasteiger charge is 2.08. The Kier molecular flexibility index (Phi) is 6.63. The maximum absolute atomic E-state index is 11.9. The van der Waals surface area contributed by atoms with Crippen LogP contribution in [0.4, 0.5) is 16.2 Å². The number of carbonyl (C=O) groups excluding carboxylic acids is 2. The lowest BCUT2D eigenvalue weighted by molar-refractivity contribution is 0.0500. The van der Waals surface area contributed by atoms with Crippen molar-refractivity contribution in [2.75, 3.05) is 17.2 Å². The fourth-order valence-corrected chi connectivity index (χ4v) is 2.13. The van der Waals surface area contributed by atoms with Crippen molar-refractivity contribution in [3.05, 3.63) is 59.1 Å². The van der Waals surface area contributed by atoms with Gasteiger partial charge >= 0.3 is 12.0 Å². The van der Waals surface area contributed by atoms with Crippen molar-refractivity contribution >= 4 is 35.0 Å². The smallest absolute Gasteiger partial charge is 0.338 e. The number of halogens is 1. The Morgan fingerprint density at radius 1 is 1.04 bits per heavy atom. The second-order valence-corrected chi connectivity index (χ2v) is 5.59. The number of carbonyl (C=O) groups is 2. The zero-order chi connectivity index (χ0) is 17.4. The molecule has 0 saturated heterocycles. The molecule has 0 saturated carbocycles. The van der Waals surface area contributed by atoms with Gasteiger partial charge in [0.15, 0.2) is 0 Å². The Hall–Kier alpha value is -2.53. The van der Waals surface area contributed by atoms with Gasteiger partial charge in [-0.25, -0.2) is 9.59 Å². The van der Waals surface area contributed by atoms with E-state index in [-0.39, 0.29) is 5.97 Å². The van der Waals surface area contributed by atoms with E-state index in [1.54, 1.807) is 48.5 Å². The molecular weight excluding hydrogens is 328 g/mol. The van der Waals surface area contributed by atoms with Crippen LogP contribution < -0.4 is 10.6 Å². The van der Waals surface area contributed by atoms with E-state index in [2.05, 4.69) is 10.6 Å². The Balaban J connectivity index is 1.89. The number of anilines is 2. The molecular formula is C18H19ClN2O3. The van der Waals surface area contributed by atoms with Gasteiger partial charge in [-0.1, -0.05) is 31.0 Å². The van der Waals surface area contributed by atoms with Gasteiger partial charge in [0.1, 0.15) is 0 Å². The van der Waals surface area contributed by atoms with Crippen molar-refractivity contribution in [3.8, 4) is 0 Å². The van der Waals surface area contributed by atoms with Crippen LogP contribution in [0.5, 0.6) is 0 Å². The Labute approximate surface area is 146 Å². The van der Waals surface area contributed by atoms with Crippen molar-refractivity contribution in [3.63, 3.8) is 0 Å². The molecule has 2 amide bonds. The minimum atomic E-state index is -0.393. The van der Waals surface area contributed by atoms with Gasteiger partial charge in [-0.05, 0) is 48.9 Å². The van der Waals surface area contributed by atoms with Crippen LogP contribution in [0.15, 0.2) is 48.5 Å². The van der Waals surface area contributed by atoms with E-state index in [0.717, 1.165) is 12.8 Å². The van der Waals surface area contributed by atoms with E-state index in [1.165, 1.54) is 0 Å². The molecule has 0 bridgehead atoms. The van der Waals surface area contributed by atoms with Crippen molar-refractivity contribution in [2.45, 2.75) is 19.8 Å². The van der Waals surface area contributed by atoms with E-state index in [9.17, 15) is 9.59 Å². The monoisotopic (exact) mass is 346 g/mol. The fourth-order valence-electron chi connectivity index (χ4n) is 1.94. The van der Waals surface area contributed by atoms with Crippen molar-refractivity contribution < 1.29 is 14.3 Å². The summed E-state index contributed by atoms with van der Waals surface area (Å²) in [5.41, 5.74) is 1.61. The van der Waals surface area contributed by atoms with Gasteiger partial charge in [-0.2, -0.15) is 0 Å². The first-order valence-electron chi connectivity index (χ1n) is 7.69. The quantitative estimate of drug-likeness (QED) is 0.575. The SMILES string of the molecule is CCCCOC(=O)c1ccc(NC(=O)Nc2cccc(Cl)c2)cc1. The van der Waals surface area contributed by atoms with E-state index < -0.39 is 6.03 Å². The third-order valence-electron chi connectivity index (χ3n) is 3.19. The van der Waals surface area contributed by atoms with Crippen molar-refractivity contribution in [2.24, 2.45) is 0 Å². The molecule has 0 radical (unpaired) electrons.